The lowest BCUT2D eigenvalue weighted by Crippen LogP contribution is -2.51. The van der Waals surface area contributed by atoms with Gasteiger partial charge in [-0.15, -0.1) is 0 Å². The maximum Gasteiger partial charge on any atom is 0.270 e. The van der Waals surface area contributed by atoms with Gasteiger partial charge in [-0.2, -0.15) is 5.10 Å². The van der Waals surface area contributed by atoms with E-state index in [9.17, 15) is 4.79 Å². The summed E-state index contributed by atoms with van der Waals surface area (Å²) in [5, 5.41) is 4.27. The standard InChI is InChI=1S/C18H23N5O/c1-20-8-14(7-19-20)9-21-11-16-17(12-21)23(10-13-4-5-13)18(24)15-3-2-6-22(15)16/h2-3,6-8,13,16-17H,4-5,9-12H2,1H3/t16-,17+/m1/s1. The summed E-state index contributed by atoms with van der Waals surface area (Å²) in [5.74, 6) is 0.944. The van der Waals surface area contributed by atoms with Crippen molar-refractivity contribution in [3.8, 4) is 0 Å². The first-order valence-corrected chi connectivity index (χ1v) is 8.87. The second kappa shape index (κ2) is 5.21. The largest absolute Gasteiger partial charge is 0.337 e. The number of carbonyl (C=O) groups is 1. The molecule has 4 heterocycles. The molecule has 0 spiro atoms. The van der Waals surface area contributed by atoms with Gasteiger partial charge in [0.05, 0.1) is 18.3 Å². The number of hydrogen-bond acceptors (Lipinski definition) is 3. The lowest BCUT2D eigenvalue weighted by atomic mass is 10.1. The van der Waals surface area contributed by atoms with Crippen LogP contribution >= 0.6 is 0 Å². The molecule has 2 aliphatic heterocycles. The smallest absolute Gasteiger partial charge is 0.270 e. The molecule has 1 aliphatic carbocycles. The van der Waals surface area contributed by atoms with Crippen LogP contribution in [0, 0.1) is 5.92 Å². The molecule has 126 valence electrons. The van der Waals surface area contributed by atoms with Gasteiger partial charge < -0.3 is 9.47 Å². The number of likely N-dealkylation sites (tertiary alicyclic amines) is 1. The molecule has 0 aromatic carbocycles. The lowest BCUT2D eigenvalue weighted by Gasteiger charge is -2.38. The van der Waals surface area contributed by atoms with Gasteiger partial charge in [0, 0.05) is 51.2 Å². The molecule has 0 N–H and O–H groups in total. The van der Waals surface area contributed by atoms with E-state index in [0.29, 0.717) is 12.1 Å². The van der Waals surface area contributed by atoms with Crippen molar-refractivity contribution in [3.63, 3.8) is 0 Å². The lowest BCUT2D eigenvalue weighted by molar-refractivity contribution is 0.0565. The molecule has 2 aromatic rings. The fourth-order valence-corrected chi connectivity index (χ4v) is 4.33. The number of aryl methyl sites for hydroxylation is 1. The first-order valence-electron chi connectivity index (χ1n) is 8.87. The molecule has 2 atom stereocenters. The Morgan fingerprint density at radius 1 is 1.25 bits per heavy atom. The van der Waals surface area contributed by atoms with Crippen molar-refractivity contribution in [2.75, 3.05) is 19.6 Å². The summed E-state index contributed by atoms with van der Waals surface area (Å²) >= 11 is 0. The first kappa shape index (κ1) is 14.3. The number of hydrogen-bond donors (Lipinski definition) is 0. The minimum Gasteiger partial charge on any atom is -0.337 e. The third-order valence-corrected chi connectivity index (χ3v) is 5.67. The van der Waals surface area contributed by atoms with Gasteiger partial charge in [0.1, 0.15) is 5.69 Å². The van der Waals surface area contributed by atoms with Crippen LogP contribution in [0.5, 0.6) is 0 Å². The summed E-state index contributed by atoms with van der Waals surface area (Å²) in [4.78, 5) is 17.6. The van der Waals surface area contributed by atoms with Gasteiger partial charge in [-0.05, 0) is 30.9 Å². The van der Waals surface area contributed by atoms with E-state index in [1.807, 2.05) is 30.1 Å². The van der Waals surface area contributed by atoms with Crippen molar-refractivity contribution in [3.05, 3.63) is 42.0 Å². The Morgan fingerprint density at radius 2 is 2.08 bits per heavy atom. The molecule has 0 radical (unpaired) electrons. The minimum atomic E-state index is 0.219. The molecule has 6 nitrogen and oxygen atoms in total. The van der Waals surface area contributed by atoms with Gasteiger partial charge in [0.25, 0.3) is 5.91 Å². The quantitative estimate of drug-likeness (QED) is 0.856. The SMILES string of the molecule is Cn1cc(CN2C[C@@H]3[C@H](C2)N(CC2CC2)C(=O)c2cccn23)cn1. The van der Waals surface area contributed by atoms with E-state index in [-0.39, 0.29) is 5.91 Å². The van der Waals surface area contributed by atoms with Crippen molar-refractivity contribution >= 4 is 5.91 Å². The zero-order chi connectivity index (χ0) is 16.3. The maximum absolute atomic E-state index is 12.9. The highest BCUT2D eigenvalue weighted by Crippen LogP contribution is 2.38. The number of carbonyl (C=O) groups excluding carboxylic acids is 1. The molecular weight excluding hydrogens is 302 g/mol. The van der Waals surface area contributed by atoms with Crippen molar-refractivity contribution in [2.45, 2.75) is 31.5 Å². The van der Waals surface area contributed by atoms with Crippen molar-refractivity contribution in [1.82, 2.24) is 24.1 Å². The molecule has 1 amide bonds. The summed E-state index contributed by atoms with van der Waals surface area (Å²) in [6, 6.07) is 4.66. The number of nitrogens with zero attached hydrogens (tertiary/aromatic N) is 5. The molecule has 6 heteroatoms. The Labute approximate surface area is 141 Å². The minimum absolute atomic E-state index is 0.219. The van der Waals surface area contributed by atoms with E-state index in [2.05, 4.69) is 31.9 Å². The Hall–Kier alpha value is -2.08. The van der Waals surface area contributed by atoms with Crippen LogP contribution in [0.1, 0.15) is 34.9 Å². The zero-order valence-electron chi connectivity index (χ0n) is 14.0. The highest BCUT2D eigenvalue weighted by Gasteiger charge is 2.46. The van der Waals surface area contributed by atoms with Crippen LogP contribution in [-0.2, 0) is 13.6 Å². The topological polar surface area (TPSA) is 46.3 Å². The van der Waals surface area contributed by atoms with Gasteiger partial charge in [-0.1, -0.05) is 0 Å². The second-order valence-corrected chi connectivity index (χ2v) is 7.55. The first-order chi connectivity index (χ1) is 11.7. The van der Waals surface area contributed by atoms with Gasteiger partial charge in [-0.3, -0.25) is 14.4 Å². The van der Waals surface area contributed by atoms with Gasteiger partial charge in [0.2, 0.25) is 0 Å². The average Bonchev–Trinajstić information content (AvgIpc) is 2.96. The maximum atomic E-state index is 12.9. The monoisotopic (exact) mass is 325 g/mol. The number of aromatic nitrogens is 3. The molecule has 0 unspecified atom stereocenters. The van der Waals surface area contributed by atoms with Crippen LogP contribution in [0.2, 0.25) is 0 Å². The molecule has 2 fully saturated rings. The van der Waals surface area contributed by atoms with Crippen molar-refractivity contribution < 1.29 is 4.79 Å². The predicted octanol–water partition coefficient (Wildman–Crippen LogP) is 1.51. The Balaban J connectivity index is 1.42. The molecule has 2 aromatic heterocycles. The summed E-state index contributed by atoms with van der Waals surface area (Å²) in [5.41, 5.74) is 2.10. The molecule has 1 saturated heterocycles. The normalized spacial score (nSPS) is 26.7. The van der Waals surface area contributed by atoms with Gasteiger partial charge >= 0.3 is 0 Å². The number of amides is 1. The Bertz CT molecular complexity index is 774. The van der Waals surface area contributed by atoms with Crippen LogP contribution in [0.4, 0.5) is 0 Å². The molecule has 5 rings (SSSR count). The Morgan fingerprint density at radius 3 is 2.83 bits per heavy atom. The summed E-state index contributed by atoms with van der Waals surface area (Å²) in [7, 11) is 1.95. The van der Waals surface area contributed by atoms with Crippen LogP contribution in [0.15, 0.2) is 30.7 Å². The Kier molecular flexibility index (Phi) is 3.10. The number of fused-ring (bicyclic) bond motifs is 3. The molecule has 3 aliphatic rings. The van der Waals surface area contributed by atoms with Gasteiger partial charge in [-0.25, -0.2) is 0 Å². The number of rotatable bonds is 4. The summed E-state index contributed by atoms with van der Waals surface area (Å²) in [6.07, 6.45) is 8.66. The van der Waals surface area contributed by atoms with E-state index in [4.69, 9.17) is 0 Å². The predicted molar refractivity (Wildman–Crippen MR) is 89.5 cm³/mol. The van der Waals surface area contributed by atoms with Crippen LogP contribution < -0.4 is 0 Å². The van der Waals surface area contributed by atoms with E-state index < -0.39 is 0 Å². The van der Waals surface area contributed by atoms with E-state index in [0.717, 1.165) is 37.8 Å². The second-order valence-electron chi connectivity index (χ2n) is 7.55. The van der Waals surface area contributed by atoms with Gasteiger partial charge in [0.15, 0.2) is 0 Å². The third kappa shape index (κ3) is 2.28. The fourth-order valence-electron chi connectivity index (χ4n) is 4.33. The molecule has 1 saturated carbocycles. The van der Waals surface area contributed by atoms with Crippen LogP contribution in [0.3, 0.4) is 0 Å². The highest BCUT2D eigenvalue weighted by molar-refractivity contribution is 5.94. The van der Waals surface area contributed by atoms with Crippen molar-refractivity contribution in [2.24, 2.45) is 13.0 Å². The fraction of sp³-hybridized carbons (Fsp3) is 0.556. The summed E-state index contributed by atoms with van der Waals surface area (Å²) in [6.45, 7) is 3.79. The van der Waals surface area contributed by atoms with E-state index in [1.54, 1.807) is 0 Å². The molecule has 0 bridgehead atoms. The van der Waals surface area contributed by atoms with E-state index in [1.165, 1.54) is 18.4 Å². The molecule has 24 heavy (non-hydrogen) atoms. The van der Waals surface area contributed by atoms with Crippen molar-refractivity contribution in [1.29, 1.82) is 0 Å². The highest BCUT2D eigenvalue weighted by atomic mass is 16.2. The van der Waals surface area contributed by atoms with E-state index >= 15 is 0 Å². The van der Waals surface area contributed by atoms with Crippen LogP contribution in [-0.4, -0.2) is 55.7 Å². The summed E-state index contributed by atoms with van der Waals surface area (Å²) < 4.78 is 4.06. The molecular formula is C18H23N5O. The van der Waals surface area contributed by atoms with Crippen LogP contribution in [0.25, 0.3) is 0 Å². The zero-order valence-corrected chi connectivity index (χ0v) is 14.0. The average molecular weight is 325 g/mol. The third-order valence-electron chi connectivity index (χ3n) is 5.67.